The van der Waals surface area contributed by atoms with Gasteiger partial charge in [-0.05, 0) is 12.1 Å². The standard InChI is InChI=1S/C10H10ClN3S/c11-10-5-8(1-4-13-10)12-3-2-9-6-15-7-14-9/h1,4-7H,2-3H2,(H,12,13). The summed E-state index contributed by atoms with van der Waals surface area (Å²) in [5.74, 6) is 0. The molecule has 0 fully saturated rings. The number of thiazole rings is 1. The van der Waals surface area contributed by atoms with Crippen LogP contribution in [-0.4, -0.2) is 16.5 Å². The molecule has 1 N–H and O–H groups in total. The highest BCUT2D eigenvalue weighted by Crippen LogP contribution is 2.11. The van der Waals surface area contributed by atoms with E-state index in [1.165, 1.54) is 0 Å². The molecule has 78 valence electrons. The fraction of sp³-hybridized carbons (Fsp3) is 0.200. The summed E-state index contributed by atoms with van der Waals surface area (Å²) < 4.78 is 0. The number of nitrogens with zero attached hydrogens (tertiary/aromatic N) is 2. The Morgan fingerprint density at radius 3 is 3.07 bits per heavy atom. The van der Waals surface area contributed by atoms with Crippen LogP contribution in [0.2, 0.25) is 5.15 Å². The molecular weight excluding hydrogens is 230 g/mol. The molecule has 2 aromatic heterocycles. The number of hydrogen-bond acceptors (Lipinski definition) is 4. The lowest BCUT2D eigenvalue weighted by molar-refractivity contribution is 0.976. The van der Waals surface area contributed by atoms with Crippen LogP contribution in [0, 0.1) is 0 Å². The largest absolute Gasteiger partial charge is 0.385 e. The van der Waals surface area contributed by atoms with Crippen molar-refractivity contribution in [3.63, 3.8) is 0 Å². The molecule has 0 aliphatic carbocycles. The highest BCUT2D eigenvalue weighted by Gasteiger charge is 1.96. The highest BCUT2D eigenvalue weighted by molar-refractivity contribution is 7.07. The van der Waals surface area contributed by atoms with E-state index in [2.05, 4.69) is 20.7 Å². The molecule has 15 heavy (non-hydrogen) atoms. The van der Waals surface area contributed by atoms with Gasteiger partial charge in [-0.15, -0.1) is 11.3 Å². The van der Waals surface area contributed by atoms with Gasteiger partial charge in [-0.25, -0.2) is 9.97 Å². The second-order valence-corrected chi connectivity index (χ2v) is 4.13. The zero-order valence-corrected chi connectivity index (χ0v) is 9.55. The van der Waals surface area contributed by atoms with Gasteiger partial charge in [0.15, 0.2) is 0 Å². The van der Waals surface area contributed by atoms with E-state index >= 15 is 0 Å². The number of pyridine rings is 1. The van der Waals surface area contributed by atoms with Gasteiger partial charge in [0.2, 0.25) is 0 Å². The molecule has 0 radical (unpaired) electrons. The maximum atomic E-state index is 5.76. The minimum absolute atomic E-state index is 0.508. The van der Waals surface area contributed by atoms with Crippen molar-refractivity contribution in [3.05, 3.63) is 40.1 Å². The summed E-state index contributed by atoms with van der Waals surface area (Å²) >= 11 is 7.38. The van der Waals surface area contributed by atoms with E-state index < -0.39 is 0 Å². The summed E-state index contributed by atoms with van der Waals surface area (Å²) in [7, 11) is 0. The SMILES string of the molecule is Clc1cc(NCCc2cscn2)ccn1. The van der Waals surface area contributed by atoms with E-state index in [9.17, 15) is 0 Å². The van der Waals surface area contributed by atoms with E-state index in [4.69, 9.17) is 11.6 Å². The molecule has 0 aromatic carbocycles. The van der Waals surface area contributed by atoms with Gasteiger partial charge in [0.1, 0.15) is 5.15 Å². The molecule has 0 aliphatic rings. The van der Waals surface area contributed by atoms with Gasteiger partial charge in [-0.2, -0.15) is 0 Å². The lowest BCUT2D eigenvalue weighted by atomic mass is 10.3. The molecule has 2 aromatic rings. The van der Waals surface area contributed by atoms with Gasteiger partial charge < -0.3 is 5.32 Å². The monoisotopic (exact) mass is 239 g/mol. The third-order valence-electron chi connectivity index (χ3n) is 1.92. The van der Waals surface area contributed by atoms with Crippen molar-refractivity contribution >= 4 is 28.6 Å². The molecular formula is C10H10ClN3S. The van der Waals surface area contributed by atoms with Crippen LogP contribution in [0.3, 0.4) is 0 Å². The molecule has 0 saturated carbocycles. The molecule has 2 heterocycles. The molecule has 3 nitrogen and oxygen atoms in total. The Bertz CT molecular complexity index is 416. The Morgan fingerprint density at radius 1 is 1.40 bits per heavy atom. The smallest absolute Gasteiger partial charge is 0.131 e. The Kier molecular flexibility index (Phi) is 3.53. The van der Waals surface area contributed by atoms with E-state index in [1.807, 2.05) is 17.6 Å². The Hall–Kier alpha value is -1.13. The zero-order chi connectivity index (χ0) is 10.5. The predicted octanol–water partition coefficient (Wildman–Crippen LogP) is 2.85. The predicted molar refractivity (Wildman–Crippen MR) is 63.6 cm³/mol. The fourth-order valence-electron chi connectivity index (χ4n) is 1.21. The molecule has 2 rings (SSSR count). The van der Waals surface area contributed by atoms with Crippen molar-refractivity contribution in [2.24, 2.45) is 0 Å². The third-order valence-corrected chi connectivity index (χ3v) is 2.76. The second kappa shape index (κ2) is 5.09. The van der Waals surface area contributed by atoms with Crippen LogP contribution in [-0.2, 0) is 6.42 Å². The third kappa shape index (κ3) is 3.18. The first-order valence-corrected chi connectivity index (χ1v) is 5.89. The first-order chi connectivity index (χ1) is 7.34. The molecule has 5 heteroatoms. The van der Waals surface area contributed by atoms with E-state index in [0.29, 0.717) is 5.15 Å². The number of rotatable bonds is 4. The minimum atomic E-state index is 0.508. The number of halogens is 1. The van der Waals surface area contributed by atoms with E-state index in [1.54, 1.807) is 17.5 Å². The molecule has 0 atom stereocenters. The van der Waals surface area contributed by atoms with Crippen LogP contribution in [0.15, 0.2) is 29.2 Å². The van der Waals surface area contributed by atoms with Gasteiger partial charge >= 0.3 is 0 Å². The van der Waals surface area contributed by atoms with Crippen molar-refractivity contribution in [2.75, 3.05) is 11.9 Å². The van der Waals surface area contributed by atoms with Gasteiger partial charge in [0, 0.05) is 30.2 Å². The van der Waals surface area contributed by atoms with Gasteiger partial charge in [-0.1, -0.05) is 11.6 Å². The van der Waals surface area contributed by atoms with Crippen LogP contribution in [0.25, 0.3) is 0 Å². The van der Waals surface area contributed by atoms with Crippen molar-refractivity contribution in [1.82, 2.24) is 9.97 Å². The summed E-state index contributed by atoms with van der Waals surface area (Å²) in [4.78, 5) is 8.12. The number of aromatic nitrogens is 2. The molecule has 0 amide bonds. The number of nitrogens with one attached hydrogen (secondary N) is 1. The highest BCUT2D eigenvalue weighted by atomic mass is 35.5. The van der Waals surface area contributed by atoms with E-state index in [-0.39, 0.29) is 0 Å². The molecule has 0 unspecified atom stereocenters. The lowest BCUT2D eigenvalue weighted by Crippen LogP contribution is -2.04. The zero-order valence-electron chi connectivity index (χ0n) is 7.98. The first-order valence-electron chi connectivity index (χ1n) is 4.57. The van der Waals surface area contributed by atoms with Gasteiger partial charge in [0.25, 0.3) is 0 Å². The van der Waals surface area contributed by atoms with Crippen molar-refractivity contribution in [1.29, 1.82) is 0 Å². The van der Waals surface area contributed by atoms with Crippen molar-refractivity contribution in [3.8, 4) is 0 Å². The Balaban J connectivity index is 1.83. The lowest BCUT2D eigenvalue weighted by Gasteiger charge is -2.04. The Labute approximate surface area is 97.2 Å². The summed E-state index contributed by atoms with van der Waals surface area (Å²) in [6.45, 7) is 0.851. The summed E-state index contributed by atoms with van der Waals surface area (Å²) in [5.41, 5.74) is 3.96. The molecule has 0 spiro atoms. The normalized spacial score (nSPS) is 10.2. The summed E-state index contributed by atoms with van der Waals surface area (Å²) in [5, 5.41) is 5.83. The maximum absolute atomic E-state index is 5.76. The topological polar surface area (TPSA) is 37.8 Å². The minimum Gasteiger partial charge on any atom is -0.385 e. The van der Waals surface area contributed by atoms with Crippen LogP contribution in [0.1, 0.15) is 5.69 Å². The molecule has 0 aliphatic heterocycles. The Morgan fingerprint density at radius 2 is 2.33 bits per heavy atom. The summed E-state index contributed by atoms with van der Waals surface area (Å²) in [6, 6.07) is 3.70. The quantitative estimate of drug-likeness (QED) is 0.834. The van der Waals surface area contributed by atoms with Crippen molar-refractivity contribution < 1.29 is 0 Å². The van der Waals surface area contributed by atoms with Crippen LogP contribution in [0.5, 0.6) is 0 Å². The number of anilines is 1. The van der Waals surface area contributed by atoms with Gasteiger partial charge in [-0.3, -0.25) is 0 Å². The maximum Gasteiger partial charge on any atom is 0.131 e. The fourth-order valence-corrected chi connectivity index (χ4v) is 1.98. The van der Waals surface area contributed by atoms with Crippen LogP contribution in [0.4, 0.5) is 5.69 Å². The average Bonchev–Trinajstić information content (AvgIpc) is 2.71. The van der Waals surface area contributed by atoms with Crippen LogP contribution < -0.4 is 5.32 Å². The number of hydrogen-bond donors (Lipinski definition) is 1. The van der Waals surface area contributed by atoms with E-state index in [0.717, 1.165) is 24.3 Å². The first kappa shape index (κ1) is 10.4. The van der Waals surface area contributed by atoms with Gasteiger partial charge in [0.05, 0.1) is 11.2 Å². The van der Waals surface area contributed by atoms with Crippen molar-refractivity contribution in [2.45, 2.75) is 6.42 Å². The molecule has 0 saturated heterocycles. The summed E-state index contributed by atoms with van der Waals surface area (Å²) in [6.07, 6.45) is 2.61. The molecule has 0 bridgehead atoms. The second-order valence-electron chi connectivity index (χ2n) is 3.02. The van der Waals surface area contributed by atoms with Crippen LogP contribution >= 0.6 is 22.9 Å². The average molecular weight is 240 g/mol.